The van der Waals surface area contributed by atoms with Gasteiger partial charge in [0.15, 0.2) is 0 Å². The Morgan fingerprint density at radius 1 is 1.00 bits per heavy atom. The summed E-state index contributed by atoms with van der Waals surface area (Å²) in [5.74, 6) is 0.904. The van der Waals surface area contributed by atoms with Crippen molar-refractivity contribution in [1.29, 1.82) is 0 Å². The third-order valence-corrected chi connectivity index (χ3v) is 3.54. The first-order valence-corrected chi connectivity index (χ1v) is 7.77. The number of hydrogen-bond acceptors (Lipinski definition) is 3. The second kappa shape index (κ2) is 7.97. The molecule has 0 aliphatic heterocycles. The molecule has 0 aromatic heterocycles. The van der Waals surface area contributed by atoms with Crippen LogP contribution in [0.3, 0.4) is 0 Å². The molecule has 0 unspecified atom stereocenters. The summed E-state index contributed by atoms with van der Waals surface area (Å²) < 4.78 is 5.66. The van der Waals surface area contributed by atoms with Gasteiger partial charge in [-0.15, -0.1) is 0 Å². The molecule has 2 rings (SSSR count). The molecular formula is C19H25NO2. The molecule has 0 heterocycles. The highest BCUT2D eigenvalue weighted by Crippen LogP contribution is 2.19. The zero-order valence-corrected chi connectivity index (χ0v) is 13.5. The first-order valence-electron chi connectivity index (χ1n) is 7.77. The zero-order valence-electron chi connectivity index (χ0n) is 13.5. The van der Waals surface area contributed by atoms with Crippen LogP contribution < -0.4 is 10.1 Å². The van der Waals surface area contributed by atoms with Crippen molar-refractivity contribution < 1.29 is 9.84 Å². The SMILES string of the molecule is CC(C)Oc1ccc([C@@H](C)NCc2cccc(CO)c2)cc1. The molecule has 0 radical (unpaired) electrons. The van der Waals surface area contributed by atoms with Gasteiger partial charge in [-0.05, 0) is 49.6 Å². The summed E-state index contributed by atoms with van der Waals surface area (Å²) in [6, 6.07) is 16.5. The smallest absolute Gasteiger partial charge is 0.119 e. The third-order valence-electron chi connectivity index (χ3n) is 3.54. The maximum atomic E-state index is 9.17. The van der Waals surface area contributed by atoms with E-state index in [1.165, 1.54) is 11.1 Å². The average Bonchev–Trinajstić information content (AvgIpc) is 2.53. The Morgan fingerprint density at radius 2 is 1.68 bits per heavy atom. The molecule has 0 aliphatic carbocycles. The van der Waals surface area contributed by atoms with Crippen LogP contribution in [-0.2, 0) is 13.2 Å². The van der Waals surface area contributed by atoms with Crippen LogP contribution in [0.1, 0.15) is 43.5 Å². The Labute approximate surface area is 133 Å². The molecule has 2 aromatic rings. The van der Waals surface area contributed by atoms with Gasteiger partial charge in [0.05, 0.1) is 12.7 Å². The van der Waals surface area contributed by atoms with Gasteiger partial charge in [-0.25, -0.2) is 0 Å². The first kappa shape index (κ1) is 16.5. The number of aliphatic hydroxyl groups is 1. The first-order chi connectivity index (χ1) is 10.6. The zero-order chi connectivity index (χ0) is 15.9. The lowest BCUT2D eigenvalue weighted by Gasteiger charge is -2.16. The standard InChI is InChI=1S/C19H25NO2/c1-14(2)22-19-9-7-18(8-10-19)15(3)20-12-16-5-4-6-17(11-16)13-21/h4-11,14-15,20-21H,12-13H2,1-3H3/t15-/m1/s1. The average molecular weight is 299 g/mol. The summed E-state index contributed by atoms with van der Waals surface area (Å²) >= 11 is 0. The number of aliphatic hydroxyl groups excluding tert-OH is 1. The van der Waals surface area contributed by atoms with Crippen LogP contribution in [0.15, 0.2) is 48.5 Å². The van der Waals surface area contributed by atoms with Gasteiger partial charge in [0.1, 0.15) is 5.75 Å². The molecule has 3 nitrogen and oxygen atoms in total. The highest BCUT2D eigenvalue weighted by molar-refractivity contribution is 5.29. The Balaban J connectivity index is 1.92. The van der Waals surface area contributed by atoms with Gasteiger partial charge < -0.3 is 15.2 Å². The van der Waals surface area contributed by atoms with Crippen LogP contribution in [-0.4, -0.2) is 11.2 Å². The van der Waals surface area contributed by atoms with Crippen molar-refractivity contribution in [3.63, 3.8) is 0 Å². The van der Waals surface area contributed by atoms with Gasteiger partial charge in [0, 0.05) is 12.6 Å². The third kappa shape index (κ3) is 4.86. The fourth-order valence-electron chi connectivity index (χ4n) is 2.33. The van der Waals surface area contributed by atoms with E-state index in [4.69, 9.17) is 4.74 Å². The van der Waals surface area contributed by atoms with Gasteiger partial charge >= 0.3 is 0 Å². The van der Waals surface area contributed by atoms with Crippen molar-refractivity contribution in [1.82, 2.24) is 5.32 Å². The summed E-state index contributed by atoms with van der Waals surface area (Å²) in [5.41, 5.74) is 3.36. The molecule has 22 heavy (non-hydrogen) atoms. The lowest BCUT2D eigenvalue weighted by Crippen LogP contribution is -2.18. The van der Waals surface area contributed by atoms with E-state index in [1.54, 1.807) is 0 Å². The van der Waals surface area contributed by atoms with Crippen molar-refractivity contribution in [3.05, 3.63) is 65.2 Å². The van der Waals surface area contributed by atoms with Gasteiger partial charge in [-0.1, -0.05) is 36.4 Å². The number of rotatable bonds is 7. The van der Waals surface area contributed by atoms with Crippen LogP contribution in [0.25, 0.3) is 0 Å². The summed E-state index contributed by atoms with van der Waals surface area (Å²) in [4.78, 5) is 0. The van der Waals surface area contributed by atoms with Crippen molar-refractivity contribution in [2.24, 2.45) is 0 Å². The van der Waals surface area contributed by atoms with Crippen LogP contribution in [0, 0.1) is 0 Å². The molecule has 0 aliphatic rings. The number of ether oxygens (including phenoxy) is 1. The number of nitrogens with one attached hydrogen (secondary N) is 1. The van der Waals surface area contributed by atoms with Crippen molar-refractivity contribution >= 4 is 0 Å². The molecule has 118 valence electrons. The molecule has 2 aromatic carbocycles. The molecule has 0 saturated carbocycles. The van der Waals surface area contributed by atoms with Crippen molar-refractivity contribution in [2.45, 2.75) is 46.1 Å². The summed E-state index contributed by atoms with van der Waals surface area (Å²) in [6.07, 6.45) is 0.195. The van der Waals surface area contributed by atoms with Crippen LogP contribution in [0.5, 0.6) is 5.75 Å². The maximum Gasteiger partial charge on any atom is 0.119 e. The van der Waals surface area contributed by atoms with E-state index in [2.05, 4.69) is 30.4 Å². The van der Waals surface area contributed by atoms with E-state index < -0.39 is 0 Å². The van der Waals surface area contributed by atoms with E-state index >= 15 is 0 Å². The van der Waals surface area contributed by atoms with Gasteiger partial charge in [0.25, 0.3) is 0 Å². The van der Waals surface area contributed by atoms with E-state index in [0.717, 1.165) is 17.9 Å². The highest BCUT2D eigenvalue weighted by Gasteiger charge is 2.06. The highest BCUT2D eigenvalue weighted by atomic mass is 16.5. The minimum Gasteiger partial charge on any atom is -0.491 e. The normalized spacial score (nSPS) is 12.4. The van der Waals surface area contributed by atoms with E-state index in [1.807, 2.05) is 44.2 Å². The molecule has 0 fully saturated rings. The number of hydrogen-bond donors (Lipinski definition) is 2. The molecule has 1 atom stereocenters. The second-order valence-electron chi connectivity index (χ2n) is 5.82. The van der Waals surface area contributed by atoms with Gasteiger partial charge in [-0.3, -0.25) is 0 Å². The fraction of sp³-hybridized carbons (Fsp3) is 0.368. The molecular weight excluding hydrogens is 274 g/mol. The minimum atomic E-state index is 0.0840. The molecule has 0 saturated heterocycles. The molecule has 2 N–H and O–H groups in total. The van der Waals surface area contributed by atoms with Crippen LogP contribution in [0.2, 0.25) is 0 Å². The second-order valence-corrected chi connectivity index (χ2v) is 5.82. The molecule has 3 heteroatoms. The topological polar surface area (TPSA) is 41.5 Å². The lowest BCUT2D eigenvalue weighted by molar-refractivity contribution is 0.242. The monoisotopic (exact) mass is 299 g/mol. The fourth-order valence-corrected chi connectivity index (χ4v) is 2.33. The van der Waals surface area contributed by atoms with Crippen LogP contribution >= 0.6 is 0 Å². The molecule has 0 amide bonds. The van der Waals surface area contributed by atoms with E-state index in [0.29, 0.717) is 0 Å². The quantitative estimate of drug-likeness (QED) is 0.816. The minimum absolute atomic E-state index is 0.0840. The summed E-state index contributed by atoms with van der Waals surface area (Å²) in [6.45, 7) is 7.06. The Kier molecular flexibility index (Phi) is 5.99. The maximum absolute atomic E-state index is 9.17. The summed E-state index contributed by atoms with van der Waals surface area (Å²) in [5, 5.41) is 12.7. The van der Waals surface area contributed by atoms with Crippen LogP contribution in [0.4, 0.5) is 0 Å². The largest absolute Gasteiger partial charge is 0.491 e. The molecule has 0 spiro atoms. The van der Waals surface area contributed by atoms with Crippen molar-refractivity contribution in [2.75, 3.05) is 0 Å². The molecule has 0 bridgehead atoms. The Bertz CT molecular complexity index is 578. The van der Waals surface area contributed by atoms with Crippen molar-refractivity contribution in [3.8, 4) is 5.75 Å². The number of benzene rings is 2. The Morgan fingerprint density at radius 3 is 2.32 bits per heavy atom. The predicted octanol–water partition coefficient (Wildman–Crippen LogP) is 3.82. The van der Waals surface area contributed by atoms with E-state index in [-0.39, 0.29) is 18.8 Å². The Hall–Kier alpha value is -1.84. The lowest BCUT2D eigenvalue weighted by atomic mass is 10.1. The predicted molar refractivity (Wildman–Crippen MR) is 89.8 cm³/mol. The van der Waals surface area contributed by atoms with E-state index in [9.17, 15) is 5.11 Å². The van der Waals surface area contributed by atoms with Gasteiger partial charge in [0.2, 0.25) is 0 Å². The van der Waals surface area contributed by atoms with Gasteiger partial charge in [-0.2, -0.15) is 0 Å². The summed E-state index contributed by atoms with van der Waals surface area (Å²) in [7, 11) is 0.